The Morgan fingerprint density at radius 3 is 2.52 bits per heavy atom. The van der Waals surface area contributed by atoms with Crippen molar-refractivity contribution in [3.8, 4) is 0 Å². The lowest BCUT2D eigenvalue weighted by Gasteiger charge is -2.08. The molecule has 0 saturated heterocycles. The molecule has 0 bridgehead atoms. The molecule has 0 aliphatic heterocycles. The molecule has 0 fully saturated rings. The third-order valence-electron chi connectivity index (χ3n) is 2.97. The second-order valence-electron chi connectivity index (χ2n) is 4.95. The van der Waals surface area contributed by atoms with E-state index in [4.69, 9.17) is 5.73 Å². The molecule has 0 saturated carbocycles. The number of nitrogen functional groups attached to an aromatic ring is 1. The number of rotatable bonds is 4. The molecule has 4 nitrogen and oxygen atoms in total. The molecule has 2 rings (SSSR count). The third-order valence-corrected chi connectivity index (χ3v) is 4.36. The van der Waals surface area contributed by atoms with Gasteiger partial charge < -0.3 is 11.1 Å². The molecule has 21 heavy (non-hydrogen) atoms. The van der Waals surface area contributed by atoms with E-state index >= 15 is 0 Å². The van der Waals surface area contributed by atoms with Crippen molar-refractivity contribution in [2.24, 2.45) is 0 Å². The van der Waals surface area contributed by atoms with E-state index < -0.39 is 10.8 Å². The summed E-state index contributed by atoms with van der Waals surface area (Å²) in [6.07, 6.45) is 0. The Bertz CT molecular complexity index is 698. The van der Waals surface area contributed by atoms with Crippen LogP contribution in [-0.4, -0.2) is 15.9 Å². The van der Waals surface area contributed by atoms with Crippen molar-refractivity contribution in [3.63, 3.8) is 0 Å². The zero-order valence-corrected chi connectivity index (χ0v) is 12.9. The first-order valence-corrected chi connectivity index (χ1v) is 7.88. The van der Waals surface area contributed by atoms with Gasteiger partial charge in [-0.1, -0.05) is 18.2 Å². The second kappa shape index (κ2) is 6.54. The van der Waals surface area contributed by atoms with E-state index in [0.717, 1.165) is 11.1 Å². The van der Waals surface area contributed by atoms with Crippen LogP contribution in [0.5, 0.6) is 0 Å². The Morgan fingerprint density at radius 1 is 1.14 bits per heavy atom. The molecule has 0 spiro atoms. The van der Waals surface area contributed by atoms with Crippen LogP contribution in [0.1, 0.15) is 11.1 Å². The third kappa shape index (κ3) is 4.16. The van der Waals surface area contributed by atoms with Gasteiger partial charge in [0, 0.05) is 11.4 Å². The summed E-state index contributed by atoms with van der Waals surface area (Å²) in [5.74, 6) is -0.403. The van der Waals surface area contributed by atoms with Gasteiger partial charge in [-0.05, 0) is 49.2 Å². The smallest absolute Gasteiger partial charge is 0.237 e. The van der Waals surface area contributed by atoms with Crippen molar-refractivity contribution in [1.29, 1.82) is 0 Å². The molecule has 0 aromatic heterocycles. The lowest BCUT2D eigenvalue weighted by atomic mass is 10.2. The Kier molecular flexibility index (Phi) is 4.75. The van der Waals surface area contributed by atoms with Gasteiger partial charge in [0.2, 0.25) is 5.91 Å². The highest BCUT2D eigenvalue weighted by atomic mass is 32.2. The van der Waals surface area contributed by atoms with Crippen LogP contribution in [0.4, 0.5) is 11.4 Å². The molecule has 1 atom stereocenters. The van der Waals surface area contributed by atoms with Gasteiger partial charge in [0.15, 0.2) is 0 Å². The summed E-state index contributed by atoms with van der Waals surface area (Å²) in [6.45, 7) is 3.86. The molecule has 2 aromatic carbocycles. The maximum absolute atomic E-state index is 12.2. The molecular formula is C16H18N2O2S. The van der Waals surface area contributed by atoms with Gasteiger partial charge in [0.05, 0.1) is 15.7 Å². The van der Waals surface area contributed by atoms with E-state index in [9.17, 15) is 9.00 Å². The molecular weight excluding hydrogens is 284 g/mol. The Morgan fingerprint density at radius 2 is 1.86 bits per heavy atom. The van der Waals surface area contributed by atoms with Crippen LogP contribution in [0.3, 0.4) is 0 Å². The van der Waals surface area contributed by atoms with E-state index in [2.05, 4.69) is 5.32 Å². The van der Waals surface area contributed by atoms with Crippen LogP contribution in [-0.2, 0) is 15.6 Å². The number of carbonyl (C=O) groups is 1. The van der Waals surface area contributed by atoms with Crippen molar-refractivity contribution < 1.29 is 9.00 Å². The fourth-order valence-electron chi connectivity index (χ4n) is 1.99. The monoisotopic (exact) mass is 302 g/mol. The molecule has 1 unspecified atom stereocenters. The van der Waals surface area contributed by atoms with Crippen LogP contribution >= 0.6 is 0 Å². The summed E-state index contributed by atoms with van der Waals surface area (Å²) in [4.78, 5) is 12.4. The number of hydrogen-bond donors (Lipinski definition) is 2. The standard InChI is InChI=1S/C16H18N2O2S/c1-11-4-3-5-13(8-11)18-16(19)10-21(20)15-7-6-12(2)9-14(15)17/h3-9H,10,17H2,1-2H3,(H,18,19). The zero-order chi connectivity index (χ0) is 15.4. The molecule has 0 aliphatic carbocycles. The quantitative estimate of drug-likeness (QED) is 0.853. The van der Waals surface area contributed by atoms with Gasteiger partial charge >= 0.3 is 0 Å². The maximum atomic E-state index is 12.2. The van der Waals surface area contributed by atoms with Gasteiger partial charge in [0.25, 0.3) is 0 Å². The Hall–Kier alpha value is -2.14. The highest BCUT2D eigenvalue weighted by Gasteiger charge is 2.13. The van der Waals surface area contributed by atoms with Gasteiger partial charge in [-0.25, -0.2) is 0 Å². The Balaban J connectivity index is 2.04. The van der Waals surface area contributed by atoms with E-state index in [0.29, 0.717) is 16.3 Å². The van der Waals surface area contributed by atoms with E-state index in [1.165, 1.54) is 0 Å². The number of benzene rings is 2. The first-order chi connectivity index (χ1) is 9.95. The predicted octanol–water partition coefficient (Wildman–Crippen LogP) is 2.63. The van der Waals surface area contributed by atoms with Gasteiger partial charge in [-0.2, -0.15) is 0 Å². The van der Waals surface area contributed by atoms with Crippen LogP contribution < -0.4 is 11.1 Å². The summed E-state index contributed by atoms with van der Waals surface area (Å²) in [6, 6.07) is 12.8. The first-order valence-electron chi connectivity index (χ1n) is 6.57. The summed E-state index contributed by atoms with van der Waals surface area (Å²) >= 11 is 0. The minimum absolute atomic E-state index is 0.110. The molecule has 0 aliphatic rings. The average Bonchev–Trinajstić information content (AvgIpc) is 2.38. The lowest BCUT2D eigenvalue weighted by Crippen LogP contribution is -2.20. The predicted molar refractivity (Wildman–Crippen MR) is 86.7 cm³/mol. The first kappa shape index (κ1) is 15.3. The zero-order valence-electron chi connectivity index (χ0n) is 12.1. The lowest BCUT2D eigenvalue weighted by molar-refractivity contribution is -0.113. The molecule has 0 radical (unpaired) electrons. The Labute approximate surface area is 126 Å². The number of aryl methyl sites for hydroxylation is 2. The fourth-order valence-corrected chi connectivity index (χ4v) is 3.00. The summed E-state index contributed by atoms with van der Waals surface area (Å²) in [5.41, 5.74) is 9.05. The highest BCUT2D eigenvalue weighted by Crippen LogP contribution is 2.18. The van der Waals surface area contributed by atoms with Crippen molar-refractivity contribution in [2.45, 2.75) is 18.7 Å². The topological polar surface area (TPSA) is 72.2 Å². The SMILES string of the molecule is Cc1cccc(NC(=O)CS(=O)c2ccc(C)cc2N)c1. The number of anilines is 2. The van der Waals surface area contributed by atoms with Crippen LogP contribution in [0.25, 0.3) is 0 Å². The van der Waals surface area contributed by atoms with E-state index in [1.807, 2.05) is 38.1 Å². The van der Waals surface area contributed by atoms with Gasteiger partial charge in [0.1, 0.15) is 5.75 Å². The van der Waals surface area contributed by atoms with Crippen molar-refractivity contribution >= 4 is 28.1 Å². The second-order valence-corrected chi connectivity index (χ2v) is 6.37. The molecule has 2 aromatic rings. The van der Waals surface area contributed by atoms with Gasteiger partial charge in [-0.3, -0.25) is 9.00 Å². The van der Waals surface area contributed by atoms with Crippen molar-refractivity contribution in [3.05, 3.63) is 53.6 Å². The van der Waals surface area contributed by atoms with E-state index in [1.54, 1.807) is 18.2 Å². The van der Waals surface area contributed by atoms with Crippen LogP contribution in [0.15, 0.2) is 47.4 Å². The summed E-state index contributed by atoms with van der Waals surface area (Å²) < 4.78 is 12.2. The van der Waals surface area contributed by atoms with Crippen molar-refractivity contribution in [2.75, 3.05) is 16.8 Å². The fraction of sp³-hybridized carbons (Fsp3) is 0.188. The normalized spacial score (nSPS) is 11.9. The number of carbonyl (C=O) groups excluding carboxylic acids is 1. The number of hydrogen-bond acceptors (Lipinski definition) is 3. The molecule has 3 N–H and O–H groups in total. The van der Waals surface area contributed by atoms with Crippen molar-refractivity contribution in [1.82, 2.24) is 0 Å². The highest BCUT2D eigenvalue weighted by molar-refractivity contribution is 7.86. The van der Waals surface area contributed by atoms with Crippen LogP contribution in [0.2, 0.25) is 0 Å². The number of amides is 1. The molecule has 110 valence electrons. The molecule has 5 heteroatoms. The van der Waals surface area contributed by atoms with Crippen LogP contribution in [0, 0.1) is 13.8 Å². The van der Waals surface area contributed by atoms with Gasteiger partial charge in [-0.15, -0.1) is 0 Å². The minimum atomic E-state index is -1.45. The summed E-state index contributed by atoms with van der Waals surface area (Å²) in [7, 11) is -1.45. The minimum Gasteiger partial charge on any atom is -0.398 e. The molecule has 0 heterocycles. The van der Waals surface area contributed by atoms with E-state index in [-0.39, 0.29) is 11.7 Å². The largest absolute Gasteiger partial charge is 0.398 e. The summed E-state index contributed by atoms with van der Waals surface area (Å²) in [5, 5.41) is 2.74. The number of nitrogens with one attached hydrogen (secondary N) is 1. The average molecular weight is 302 g/mol. The number of nitrogens with two attached hydrogens (primary N) is 1. The molecule has 1 amide bonds. The maximum Gasteiger partial charge on any atom is 0.237 e.